The highest BCUT2D eigenvalue weighted by molar-refractivity contribution is 9.10. The van der Waals surface area contributed by atoms with Gasteiger partial charge in [0.2, 0.25) is 5.91 Å². The monoisotopic (exact) mass is 285 g/mol. The van der Waals surface area contributed by atoms with Gasteiger partial charge >= 0.3 is 0 Å². The second-order valence-electron chi connectivity index (χ2n) is 3.50. The van der Waals surface area contributed by atoms with E-state index in [-0.39, 0.29) is 18.6 Å². The van der Waals surface area contributed by atoms with Gasteiger partial charge in [0.05, 0.1) is 18.9 Å². The third kappa shape index (κ3) is 3.04. The minimum Gasteiger partial charge on any atom is -0.376 e. The number of hydrogen-bond acceptors (Lipinski definition) is 3. The first-order valence-electron chi connectivity index (χ1n) is 4.99. The maximum Gasteiger partial charge on any atom is 0.250 e. The van der Waals surface area contributed by atoms with Crippen molar-refractivity contribution in [1.82, 2.24) is 0 Å². The molecule has 0 radical (unpaired) electrons. The van der Waals surface area contributed by atoms with Crippen LogP contribution in [0.3, 0.4) is 0 Å². The Hall–Kier alpha value is -0.910. The molecule has 1 N–H and O–H groups in total. The predicted octanol–water partition coefficient (Wildman–Crippen LogP) is 1.80. The van der Waals surface area contributed by atoms with Crippen LogP contribution in [0.4, 0.5) is 5.69 Å². The van der Waals surface area contributed by atoms with Crippen molar-refractivity contribution >= 4 is 27.5 Å². The molecule has 0 atom stereocenters. The molecule has 0 bridgehead atoms. The van der Waals surface area contributed by atoms with E-state index in [1.54, 1.807) is 0 Å². The Morgan fingerprint density at radius 2 is 2.25 bits per heavy atom. The summed E-state index contributed by atoms with van der Waals surface area (Å²) in [5, 5.41) is 2.76. The van der Waals surface area contributed by atoms with Crippen LogP contribution in [0.15, 0.2) is 28.7 Å². The molecule has 5 heteroatoms. The summed E-state index contributed by atoms with van der Waals surface area (Å²) in [5.74, 6) is -0.154. The molecule has 0 aromatic heterocycles. The van der Waals surface area contributed by atoms with E-state index in [0.29, 0.717) is 13.2 Å². The van der Waals surface area contributed by atoms with Crippen LogP contribution in [0.25, 0.3) is 0 Å². The third-order valence-electron chi connectivity index (χ3n) is 2.21. The summed E-state index contributed by atoms with van der Waals surface area (Å²) >= 11 is 3.35. The van der Waals surface area contributed by atoms with Crippen molar-refractivity contribution in [1.29, 1.82) is 0 Å². The maximum absolute atomic E-state index is 11.5. The van der Waals surface area contributed by atoms with Crippen LogP contribution < -0.4 is 5.32 Å². The molecule has 16 heavy (non-hydrogen) atoms. The van der Waals surface area contributed by atoms with Crippen LogP contribution >= 0.6 is 15.9 Å². The number of carbonyl (C=O) groups excluding carboxylic acids is 1. The summed E-state index contributed by atoms with van der Waals surface area (Å²) in [6.07, 6.45) is 0.0740. The molecule has 1 aromatic carbocycles. The van der Waals surface area contributed by atoms with Crippen LogP contribution in [0, 0.1) is 0 Å². The number of hydrogen-bond donors (Lipinski definition) is 1. The Morgan fingerprint density at radius 1 is 1.50 bits per heavy atom. The van der Waals surface area contributed by atoms with Crippen LogP contribution in [0.2, 0.25) is 0 Å². The normalized spacial score (nSPS) is 15.6. The molecule has 1 heterocycles. The Morgan fingerprint density at radius 3 is 2.88 bits per heavy atom. The lowest BCUT2D eigenvalue weighted by molar-refractivity contribution is -0.144. The van der Waals surface area contributed by atoms with Gasteiger partial charge in [0.15, 0.2) is 0 Å². The van der Waals surface area contributed by atoms with Gasteiger partial charge in [-0.25, -0.2) is 0 Å². The van der Waals surface area contributed by atoms with Gasteiger partial charge < -0.3 is 14.8 Å². The molecule has 86 valence electrons. The quantitative estimate of drug-likeness (QED) is 0.918. The van der Waals surface area contributed by atoms with Crippen molar-refractivity contribution in [3.63, 3.8) is 0 Å². The topological polar surface area (TPSA) is 47.6 Å². The van der Waals surface area contributed by atoms with Crippen LogP contribution in [-0.2, 0) is 14.3 Å². The van der Waals surface area contributed by atoms with E-state index in [1.165, 1.54) is 0 Å². The highest BCUT2D eigenvalue weighted by Gasteiger charge is 2.19. The number of amides is 1. The number of rotatable bonds is 4. The number of benzene rings is 1. The first-order valence-corrected chi connectivity index (χ1v) is 5.79. The Labute approximate surface area is 102 Å². The SMILES string of the molecule is O=C(COC1COC1)Nc1ccccc1Br. The molecule has 1 amide bonds. The van der Waals surface area contributed by atoms with Crippen molar-refractivity contribution in [3.05, 3.63) is 28.7 Å². The lowest BCUT2D eigenvalue weighted by atomic mass is 10.3. The molecule has 1 fully saturated rings. The van der Waals surface area contributed by atoms with Gasteiger partial charge in [-0.1, -0.05) is 12.1 Å². The second-order valence-corrected chi connectivity index (χ2v) is 4.35. The van der Waals surface area contributed by atoms with E-state index in [4.69, 9.17) is 9.47 Å². The number of halogens is 1. The largest absolute Gasteiger partial charge is 0.376 e. The average Bonchev–Trinajstić information content (AvgIpc) is 2.19. The van der Waals surface area contributed by atoms with Gasteiger partial charge in [0.25, 0.3) is 0 Å². The first kappa shape index (κ1) is 11.6. The van der Waals surface area contributed by atoms with E-state index >= 15 is 0 Å². The summed E-state index contributed by atoms with van der Waals surface area (Å²) in [6.45, 7) is 1.24. The number of para-hydroxylation sites is 1. The van der Waals surface area contributed by atoms with Gasteiger partial charge in [-0.15, -0.1) is 0 Å². The van der Waals surface area contributed by atoms with E-state index in [9.17, 15) is 4.79 Å². The average molecular weight is 286 g/mol. The van der Waals surface area contributed by atoms with Crippen LogP contribution in [0.5, 0.6) is 0 Å². The number of nitrogens with one attached hydrogen (secondary N) is 1. The molecule has 1 aliphatic heterocycles. The fraction of sp³-hybridized carbons (Fsp3) is 0.364. The Kier molecular flexibility index (Phi) is 3.93. The molecule has 2 rings (SSSR count). The Bertz CT molecular complexity index is 379. The lowest BCUT2D eigenvalue weighted by Crippen LogP contribution is -2.38. The van der Waals surface area contributed by atoms with Crippen molar-refractivity contribution < 1.29 is 14.3 Å². The highest BCUT2D eigenvalue weighted by atomic mass is 79.9. The molecule has 4 nitrogen and oxygen atoms in total. The van der Waals surface area contributed by atoms with E-state index in [2.05, 4.69) is 21.2 Å². The van der Waals surface area contributed by atoms with Crippen LogP contribution in [-0.4, -0.2) is 31.8 Å². The smallest absolute Gasteiger partial charge is 0.250 e. The predicted molar refractivity (Wildman–Crippen MR) is 63.3 cm³/mol. The summed E-state index contributed by atoms with van der Waals surface area (Å²) in [4.78, 5) is 11.5. The van der Waals surface area contributed by atoms with Gasteiger partial charge in [-0.3, -0.25) is 4.79 Å². The van der Waals surface area contributed by atoms with Gasteiger partial charge in [-0.2, -0.15) is 0 Å². The molecular formula is C11H12BrNO3. The van der Waals surface area contributed by atoms with Gasteiger partial charge in [0, 0.05) is 4.47 Å². The third-order valence-corrected chi connectivity index (χ3v) is 2.90. The molecule has 0 aliphatic carbocycles. The summed E-state index contributed by atoms with van der Waals surface area (Å²) in [6, 6.07) is 7.45. The molecule has 1 saturated heterocycles. The zero-order valence-corrected chi connectivity index (χ0v) is 10.2. The summed E-state index contributed by atoms with van der Waals surface area (Å²) in [5.41, 5.74) is 0.751. The number of anilines is 1. The zero-order valence-electron chi connectivity index (χ0n) is 8.61. The van der Waals surface area contributed by atoms with Gasteiger partial charge in [-0.05, 0) is 28.1 Å². The van der Waals surface area contributed by atoms with Crippen LogP contribution in [0.1, 0.15) is 0 Å². The lowest BCUT2D eigenvalue weighted by Gasteiger charge is -2.25. The fourth-order valence-corrected chi connectivity index (χ4v) is 1.64. The van der Waals surface area contributed by atoms with Crippen molar-refractivity contribution in [3.8, 4) is 0 Å². The minimum atomic E-state index is -0.154. The molecule has 0 unspecified atom stereocenters. The number of ether oxygens (including phenoxy) is 2. The standard InChI is InChI=1S/C11H12BrNO3/c12-9-3-1-2-4-10(9)13-11(14)7-16-8-5-15-6-8/h1-4,8H,5-7H2,(H,13,14). The van der Waals surface area contributed by atoms with E-state index in [1.807, 2.05) is 24.3 Å². The summed E-state index contributed by atoms with van der Waals surface area (Å²) < 4.78 is 11.1. The fourth-order valence-electron chi connectivity index (χ4n) is 1.25. The molecule has 1 aromatic rings. The van der Waals surface area contributed by atoms with E-state index < -0.39 is 0 Å². The van der Waals surface area contributed by atoms with Crippen molar-refractivity contribution in [2.45, 2.75) is 6.10 Å². The van der Waals surface area contributed by atoms with Gasteiger partial charge in [0.1, 0.15) is 12.7 Å². The molecule has 1 aliphatic rings. The zero-order chi connectivity index (χ0) is 11.4. The molecule has 0 spiro atoms. The highest BCUT2D eigenvalue weighted by Crippen LogP contribution is 2.20. The minimum absolute atomic E-state index is 0.0648. The number of carbonyl (C=O) groups is 1. The molecule has 0 saturated carbocycles. The first-order chi connectivity index (χ1) is 7.75. The van der Waals surface area contributed by atoms with Crippen molar-refractivity contribution in [2.24, 2.45) is 0 Å². The molecular weight excluding hydrogens is 274 g/mol. The maximum atomic E-state index is 11.5. The van der Waals surface area contributed by atoms with Crippen molar-refractivity contribution in [2.75, 3.05) is 25.1 Å². The summed E-state index contributed by atoms with van der Waals surface area (Å²) in [7, 11) is 0. The Balaban J connectivity index is 1.80. The van der Waals surface area contributed by atoms with E-state index in [0.717, 1.165) is 10.2 Å². The second kappa shape index (κ2) is 5.43.